The van der Waals surface area contributed by atoms with Crippen molar-refractivity contribution in [3.8, 4) is 0 Å². The van der Waals surface area contributed by atoms with Crippen LogP contribution in [0.4, 0.5) is 10.5 Å². The average molecular weight is 320 g/mol. The van der Waals surface area contributed by atoms with Gasteiger partial charge in [0.1, 0.15) is 5.65 Å². The van der Waals surface area contributed by atoms with Crippen LogP contribution in [0.25, 0.3) is 11.0 Å². The minimum Gasteiger partial charge on any atom is -0.344 e. The molecule has 1 saturated heterocycles. The number of pyridine rings is 1. The molecule has 0 saturated carbocycles. The van der Waals surface area contributed by atoms with E-state index in [0.717, 1.165) is 42.7 Å². The lowest BCUT2D eigenvalue weighted by molar-refractivity contribution is 0.193. The molecule has 1 unspecified atom stereocenters. The Bertz CT molecular complexity index is 843. The van der Waals surface area contributed by atoms with Crippen molar-refractivity contribution < 1.29 is 4.79 Å². The van der Waals surface area contributed by atoms with Gasteiger partial charge in [-0.3, -0.25) is 0 Å². The number of aromatic amines is 1. The third-order valence-corrected chi connectivity index (χ3v) is 4.67. The van der Waals surface area contributed by atoms with E-state index in [1.165, 1.54) is 5.56 Å². The maximum atomic E-state index is 12.7. The van der Waals surface area contributed by atoms with Gasteiger partial charge in [-0.1, -0.05) is 30.3 Å². The Morgan fingerprint density at radius 3 is 2.96 bits per heavy atom. The minimum absolute atomic E-state index is 0.0413. The van der Waals surface area contributed by atoms with Crippen molar-refractivity contribution in [1.82, 2.24) is 14.9 Å². The van der Waals surface area contributed by atoms with Crippen LogP contribution in [0.2, 0.25) is 0 Å². The number of rotatable bonds is 2. The molecule has 1 fully saturated rings. The van der Waals surface area contributed by atoms with Gasteiger partial charge in [0.15, 0.2) is 0 Å². The van der Waals surface area contributed by atoms with E-state index in [9.17, 15) is 4.79 Å². The molecule has 122 valence electrons. The van der Waals surface area contributed by atoms with E-state index in [-0.39, 0.29) is 6.03 Å². The second kappa shape index (κ2) is 6.35. The van der Waals surface area contributed by atoms with Crippen LogP contribution >= 0.6 is 0 Å². The molecule has 0 spiro atoms. The number of benzene rings is 1. The number of nitrogens with zero attached hydrogens (tertiary/aromatic N) is 2. The topological polar surface area (TPSA) is 61.0 Å². The molecule has 5 nitrogen and oxygen atoms in total. The highest BCUT2D eigenvalue weighted by Crippen LogP contribution is 2.28. The quantitative estimate of drug-likeness (QED) is 0.750. The molecule has 1 aliphatic heterocycles. The Hall–Kier alpha value is -2.82. The Kier molecular flexibility index (Phi) is 3.91. The summed E-state index contributed by atoms with van der Waals surface area (Å²) in [4.78, 5) is 21.9. The van der Waals surface area contributed by atoms with E-state index in [1.807, 2.05) is 23.1 Å². The van der Waals surface area contributed by atoms with Crippen molar-refractivity contribution >= 4 is 22.8 Å². The predicted molar refractivity (Wildman–Crippen MR) is 95.1 cm³/mol. The van der Waals surface area contributed by atoms with Crippen molar-refractivity contribution in [2.45, 2.75) is 18.8 Å². The summed E-state index contributed by atoms with van der Waals surface area (Å²) < 4.78 is 0. The van der Waals surface area contributed by atoms with Gasteiger partial charge in [-0.05, 0) is 30.5 Å². The van der Waals surface area contributed by atoms with E-state index in [2.05, 4.69) is 39.6 Å². The van der Waals surface area contributed by atoms with Gasteiger partial charge in [0.05, 0.1) is 5.69 Å². The van der Waals surface area contributed by atoms with Crippen molar-refractivity contribution in [1.29, 1.82) is 0 Å². The lowest BCUT2D eigenvalue weighted by Crippen LogP contribution is -2.41. The summed E-state index contributed by atoms with van der Waals surface area (Å²) in [5.41, 5.74) is 2.88. The standard InChI is InChI=1S/C19H20N4O/c24-19(22-17-12-21-18-16(17)9-4-10-20-18)23-11-5-8-15(13-23)14-6-2-1-3-7-14/h1-4,6-7,9-10,12,15H,5,8,11,13H2,(H,20,21)(H,22,24). The summed E-state index contributed by atoms with van der Waals surface area (Å²) in [7, 11) is 0. The molecule has 1 atom stereocenters. The smallest absolute Gasteiger partial charge is 0.321 e. The number of carbonyl (C=O) groups excluding carboxylic acids is 1. The fourth-order valence-corrected chi connectivity index (χ4v) is 3.41. The second-order valence-electron chi connectivity index (χ2n) is 6.23. The second-order valence-corrected chi connectivity index (χ2v) is 6.23. The number of likely N-dealkylation sites (tertiary alicyclic amines) is 1. The zero-order valence-electron chi connectivity index (χ0n) is 13.4. The number of amides is 2. The zero-order valence-corrected chi connectivity index (χ0v) is 13.4. The average Bonchev–Trinajstić information content (AvgIpc) is 3.06. The number of urea groups is 1. The SMILES string of the molecule is O=C(Nc1c[nH]c2ncccc12)N1CCCC(c2ccccc2)C1. The number of hydrogen-bond donors (Lipinski definition) is 2. The fraction of sp³-hybridized carbons (Fsp3) is 0.263. The lowest BCUT2D eigenvalue weighted by Gasteiger charge is -2.33. The van der Waals surface area contributed by atoms with Crippen LogP contribution < -0.4 is 5.32 Å². The minimum atomic E-state index is -0.0413. The summed E-state index contributed by atoms with van der Waals surface area (Å²) in [5, 5.41) is 3.96. The predicted octanol–water partition coefficient (Wildman–Crippen LogP) is 3.97. The molecule has 0 radical (unpaired) electrons. The van der Waals surface area contributed by atoms with Gasteiger partial charge < -0.3 is 15.2 Å². The lowest BCUT2D eigenvalue weighted by atomic mass is 9.91. The van der Waals surface area contributed by atoms with Gasteiger partial charge in [0.25, 0.3) is 0 Å². The molecule has 3 aromatic rings. The molecular formula is C19H20N4O. The van der Waals surface area contributed by atoms with E-state index in [4.69, 9.17) is 0 Å². The van der Waals surface area contributed by atoms with Crippen LogP contribution in [0, 0.1) is 0 Å². The molecule has 1 aromatic carbocycles. The molecule has 0 aliphatic carbocycles. The first kappa shape index (κ1) is 14.8. The number of anilines is 1. The van der Waals surface area contributed by atoms with Crippen molar-refractivity contribution in [2.24, 2.45) is 0 Å². The summed E-state index contributed by atoms with van der Waals surface area (Å²) in [6.07, 6.45) is 5.70. The van der Waals surface area contributed by atoms with Crippen molar-refractivity contribution in [2.75, 3.05) is 18.4 Å². The number of fused-ring (bicyclic) bond motifs is 1. The van der Waals surface area contributed by atoms with Gasteiger partial charge in [-0.25, -0.2) is 9.78 Å². The van der Waals surface area contributed by atoms with Crippen molar-refractivity contribution in [3.05, 3.63) is 60.4 Å². The number of piperidine rings is 1. The molecule has 5 heteroatoms. The van der Waals surface area contributed by atoms with Crippen molar-refractivity contribution in [3.63, 3.8) is 0 Å². The van der Waals surface area contributed by atoms with E-state index >= 15 is 0 Å². The number of nitrogens with one attached hydrogen (secondary N) is 2. The fourth-order valence-electron chi connectivity index (χ4n) is 3.41. The molecule has 4 rings (SSSR count). The van der Waals surface area contributed by atoms with Gasteiger partial charge in [-0.15, -0.1) is 0 Å². The maximum absolute atomic E-state index is 12.7. The summed E-state index contributed by atoms with van der Waals surface area (Å²) in [6, 6.07) is 14.2. The monoisotopic (exact) mass is 320 g/mol. The number of H-pyrrole nitrogens is 1. The summed E-state index contributed by atoms with van der Waals surface area (Å²) in [5.74, 6) is 0.412. The highest BCUT2D eigenvalue weighted by Gasteiger charge is 2.25. The summed E-state index contributed by atoms with van der Waals surface area (Å²) in [6.45, 7) is 1.56. The van der Waals surface area contributed by atoms with E-state index in [0.29, 0.717) is 5.92 Å². The highest BCUT2D eigenvalue weighted by molar-refractivity contribution is 5.99. The van der Waals surface area contributed by atoms with Gasteiger partial charge in [0, 0.05) is 36.8 Å². The molecule has 24 heavy (non-hydrogen) atoms. The zero-order chi connectivity index (χ0) is 16.4. The van der Waals surface area contributed by atoms with Gasteiger partial charge in [0.2, 0.25) is 0 Å². The largest absolute Gasteiger partial charge is 0.344 e. The number of aromatic nitrogens is 2. The van der Waals surface area contributed by atoms with E-state index < -0.39 is 0 Å². The van der Waals surface area contributed by atoms with Gasteiger partial charge in [-0.2, -0.15) is 0 Å². The first-order valence-corrected chi connectivity index (χ1v) is 8.34. The van der Waals surface area contributed by atoms with Crippen LogP contribution in [-0.4, -0.2) is 34.0 Å². The molecule has 3 heterocycles. The normalized spacial score (nSPS) is 17.8. The Labute approximate surface area is 140 Å². The van der Waals surface area contributed by atoms with Crippen LogP contribution in [-0.2, 0) is 0 Å². The Morgan fingerprint density at radius 1 is 1.21 bits per heavy atom. The number of hydrogen-bond acceptors (Lipinski definition) is 2. The van der Waals surface area contributed by atoms with Gasteiger partial charge >= 0.3 is 6.03 Å². The van der Waals surface area contributed by atoms with Crippen LogP contribution in [0.3, 0.4) is 0 Å². The molecule has 2 aromatic heterocycles. The molecule has 2 amide bonds. The first-order chi connectivity index (χ1) is 11.8. The maximum Gasteiger partial charge on any atom is 0.321 e. The molecule has 0 bridgehead atoms. The molecule has 2 N–H and O–H groups in total. The van der Waals surface area contributed by atoms with E-state index in [1.54, 1.807) is 12.4 Å². The van der Waals surface area contributed by atoms with Crippen LogP contribution in [0.15, 0.2) is 54.9 Å². The first-order valence-electron chi connectivity index (χ1n) is 8.34. The molecular weight excluding hydrogens is 300 g/mol. The highest BCUT2D eigenvalue weighted by atomic mass is 16.2. The third kappa shape index (κ3) is 2.85. The Balaban J connectivity index is 1.48. The number of carbonyl (C=O) groups is 1. The van der Waals surface area contributed by atoms with Crippen LogP contribution in [0.5, 0.6) is 0 Å². The third-order valence-electron chi connectivity index (χ3n) is 4.67. The molecule has 1 aliphatic rings. The van der Waals surface area contributed by atoms with Crippen LogP contribution in [0.1, 0.15) is 24.3 Å². The Morgan fingerprint density at radius 2 is 2.08 bits per heavy atom. The summed E-state index contributed by atoms with van der Waals surface area (Å²) >= 11 is 0.